The molecule has 0 atom stereocenters. The molecule has 0 unspecified atom stereocenters. The molecule has 0 spiro atoms. The van der Waals surface area contributed by atoms with Gasteiger partial charge in [-0.05, 0) is 0 Å². The zero-order valence-corrected chi connectivity index (χ0v) is 10.3. The first kappa shape index (κ1) is 12.1. The third-order valence-corrected chi connectivity index (χ3v) is 2.09. The second-order valence-corrected chi connectivity index (χ2v) is 4.00. The van der Waals surface area contributed by atoms with Crippen molar-refractivity contribution in [3.8, 4) is 0 Å². The first-order valence-corrected chi connectivity index (χ1v) is 5.39. The monoisotopic (exact) mass is 234 g/mol. The molecular weight excluding hydrogens is 215 g/mol. The number of hydrogen-bond donors (Lipinski definition) is 0. The van der Waals surface area contributed by atoms with Gasteiger partial charge in [0.2, 0.25) is 0 Å². The van der Waals surface area contributed by atoms with E-state index in [-0.39, 0.29) is 38.3 Å². The Morgan fingerprint density at radius 3 is 1.76 bits per heavy atom. The highest BCUT2D eigenvalue weighted by molar-refractivity contribution is 7.16. The van der Waals surface area contributed by atoms with Gasteiger partial charge in [0.1, 0.15) is 13.2 Å². The van der Waals surface area contributed by atoms with Gasteiger partial charge < -0.3 is 9.47 Å². The Bertz CT molecular complexity index is 343. The van der Waals surface area contributed by atoms with Gasteiger partial charge in [-0.25, -0.2) is 9.59 Å². The van der Waals surface area contributed by atoms with Crippen LogP contribution >= 0.6 is 0 Å². The van der Waals surface area contributed by atoms with E-state index in [0.29, 0.717) is 6.22 Å². The maximum atomic E-state index is 11.0. The topological polar surface area (TPSA) is 52.6 Å². The van der Waals surface area contributed by atoms with E-state index in [9.17, 15) is 9.59 Å². The van der Waals surface area contributed by atoms with E-state index in [1.54, 1.807) is 0 Å². The molecule has 0 N–H and O–H groups in total. The lowest BCUT2D eigenvalue weighted by Gasteiger charge is -2.12. The van der Waals surface area contributed by atoms with Crippen molar-refractivity contribution >= 4 is 40.6 Å². The predicted octanol–water partition coefficient (Wildman–Crippen LogP) is -1.69. The quantitative estimate of drug-likeness (QED) is 0.285. The molecule has 0 aliphatic rings. The van der Waals surface area contributed by atoms with E-state index in [1.165, 1.54) is 0 Å². The van der Waals surface area contributed by atoms with Gasteiger partial charge in [-0.3, -0.25) is 0 Å². The van der Waals surface area contributed by atoms with Crippen LogP contribution in [0.1, 0.15) is 2.74 Å². The molecule has 8 heteroatoms. The van der Waals surface area contributed by atoms with Crippen molar-refractivity contribution < 1.29 is 21.8 Å². The zero-order valence-electron chi connectivity index (χ0n) is 12.3. The Morgan fingerprint density at radius 2 is 1.47 bits per heavy atom. The maximum Gasteiger partial charge on any atom is 0.329 e. The minimum Gasteiger partial charge on any atom is -0.472 e. The molecular formula is C9H16B4O4. The largest absolute Gasteiger partial charge is 0.472 e. The minimum atomic E-state index is -0.726. The molecule has 0 heterocycles. The van der Waals surface area contributed by atoms with Gasteiger partial charge in [-0.1, -0.05) is 13.2 Å². The highest BCUT2D eigenvalue weighted by Gasteiger charge is 2.17. The summed E-state index contributed by atoms with van der Waals surface area (Å²) in [6.45, 7) is 6.88. The smallest absolute Gasteiger partial charge is 0.329 e. The highest BCUT2D eigenvalue weighted by Crippen LogP contribution is 1.95. The second-order valence-electron chi connectivity index (χ2n) is 4.00. The Morgan fingerprint density at radius 1 is 1.12 bits per heavy atom. The molecule has 0 fully saturated rings. The molecule has 0 saturated carbocycles. The summed E-state index contributed by atoms with van der Waals surface area (Å²) in [4.78, 5) is 22.0. The van der Waals surface area contributed by atoms with Gasteiger partial charge in [-0.2, -0.15) is 0 Å². The first-order valence-electron chi connectivity index (χ1n) is 6.39. The number of hydrogen-bond acceptors (Lipinski definition) is 4. The molecule has 0 aromatic carbocycles. The van der Waals surface area contributed by atoms with Crippen LogP contribution in [-0.4, -0.2) is 53.6 Å². The van der Waals surface area contributed by atoms with E-state index in [2.05, 4.69) is 13.2 Å². The highest BCUT2D eigenvalue weighted by atomic mass is 16.5. The Kier molecular flexibility index (Phi) is 6.28. The average molecular weight is 233 g/mol. The van der Waals surface area contributed by atoms with Gasteiger partial charge in [-0.15, -0.1) is 6.22 Å². The molecule has 0 amide bonds. The van der Waals surface area contributed by atoms with Crippen molar-refractivity contribution in [3.05, 3.63) is 25.3 Å². The third kappa shape index (κ3) is 8.48. The molecule has 0 bridgehead atoms. The Balaban J connectivity index is 3.89. The van der Waals surface area contributed by atoms with Crippen molar-refractivity contribution in [1.29, 1.82) is 0 Å². The van der Waals surface area contributed by atoms with E-state index >= 15 is 0 Å². The van der Waals surface area contributed by atoms with E-state index in [0.717, 1.165) is 0 Å². The summed E-state index contributed by atoms with van der Waals surface area (Å²) in [6, 6.07) is -0.744. The zero-order chi connectivity index (χ0) is 15.0. The fourth-order valence-electron chi connectivity index (χ4n) is 1.36. The summed E-state index contributed by atoms with van der Waals surface area (Å²) in [5.41, 5.74) is 0. The molecule has 4 nitrogen and oxygen atoms in total. The van der Waals surface area contributed by atoms with Crippen molar-refractivity contribution in [3.63, 3.8) is 0 Å². The van der Waals surface area contributed by atoms with Crippen molar-refractivity contribution in [2.24, 2.45) is 0 Å². The van der Waals surface area contributed by atoms with Crippen LogP contribution in [0.25, 0.3) is 0 Å². The number of carbonyl (C=O) groups excluding carboxylic acids is 2. The summed E-state index contributed by atoms with van der Waals surface area (Å²) in [5.74, 6) is -1.45. The summed E-state index contributed by atoms with van der Waals surface area (Å²) in [5, 5.41) is 0. The fourth-order valence-corrected chi connectivity index (χ4v) is 1.36. The summed E-state index contributed by atoms with van der Waals surface area (Å²) >= 11 is 0. The molecule has 0 aliphatic carbocycles. The van der Waals surface area contributed by atoms with Crippen molar-refractivity contribution in [2.45, 2.75) is 6.22 Å². The Hall–Kier alpha value is -1.32. The average Bonchev–Trinajstić information content (AvgIpc) is 2.32. The van der Waals surface area contributed by atoms with Gasteiger partial charge in [0, 0.05) is 12.1 Å². The standard InChI is InChI=1S/C9H16B4O4/c1-3-8(14)16-6-12(10)5-13(11)7-17-9(15)4-2/h3-4H,1-2,5-7,10-11H2/i3D,4D. The number of ether oxygens (including phenoxy) is 2. The van der Waals surface area contributed by atoms with Gasteiger partial charge >= 0.3 is 11.9 Å². The number of esters is 2. The molecule has 0 aromatic heterocycles. The van der Waals surface area contributed by atoms with E-state index < -0.39 is 11.9 Å². The van der Waals surface area contributed by atoms with Crippen LogP contribution in [0, 0.1) is 0 Å². The summed E-state index contributed by atoms with van der Waals surface area (Å²) in [6.07, 6.45) is 0.690. The lowest BCUT2D eigenvalue weighted by atomic mass is 9.15. The molecule has 88 valence electrons. The second kappa shape index (κ2) is 8.79. The molecule has 0 aliphatic heterocycles. The summed E-state index contributed by atoms with van der Waals surface area (Å²) in [7, 11) is 3.78. The van der Waals surface area contributed by atoms with Crippen LogP contribution in [0.4, 0.5) is 0 Å². The van der Waals surface area contributed by atoms with Crippen LogP contribution in [0.3, 0.4) is 0 Å². The fraction of sp³-hybridized carbons (Fsp3) is 0.333. The molecule has 0 radical (unpaired) electrons. The van der Waals surface area contributed by atoms with Crippen molar-refractivity contribution in [1.82, 2.24) is 0 Å². The summed E-state index contributed by atoms with van der Waals surface area (Å²) < 4.78 is 23.6. The van der Waals surface area contributed by atoms with Gasteiger partial charge in [0.15, 0.2) is 0 Å². The normalized spacial score (nSPS) is 10.6. The van der Waals surface area contributed by atoms with Crippen LogP contribution in [0.15, 0.2) is 25.3 Å². The first-order chi connectivity index (χ1) is 8.73. The maximum absolute atomic E-state index is 11.0. The lowest BCUT2D eigenvalue weighted by Crippen LogP contribution is -2.34. The van der Waals surface area contributed by atoms with Crippen LogP contribution < -0.4 is 0 Å². The van der Waals surface area contributed by atoms with Gasteiger partial charge in [0.25, 0.3) is 0 Å². The molecule has 0 saturated heterocycles. The number of rotatable bonds is 8. The molecule has 0 rings (SSSR count). The van der Waals surface area contributed by atoms with Gasteiger partial charge in [0.05, 0.1) is 31.2 Å². The van der Waals surface area contributed by atoms with E-state index in [4.69, 9.17) is 12.2 Å². The van der Waals surface area contributed by atoms with Crippen molar-refractivity contribution in [2.75, 3.05) is 13.0 Å². The molecule has 17 heavy (non-hydrogen) atoms. The lowest BCUT2D eigenvalue weighted by molar-refractivity contribution is -0.136. The molecule has 0 aromatic rings. The predicted molar refractivity (Wildman–Crippen MR) is 75.7 cm³/mol. The number of carbonyl (C=O) groups is 2. The van der Waals surface area contributed by atoms with Crippen LogP contribution in [-0.2, 0) is 19.1 Å². The van der Waals surface area contributed by atoms with E-state index in [1.807, 2.05) is 15.5 Å². The SMILES string of the molecule is [2H]C(=C)C(=O)OCB(B)CB(B)COC(=O)C([2H])=C. The Labute approximate surface area is 108 Å². The van der Waals surface area contributed by atoms with Crippen LogP contribution in [0.2, 0.25) is 6.22 Å². The third-order valence-electron chi connectivity index (χ3n) is 2.09. The van der Waals surface area contributed by atoms with Crippen LogP contribution in [0.5, 0.6) is 0 Å². The minimum absolute atomic E-state index is 0.0798.